The number of benzene rings is 3. The van der Waals surface area contributed by atoms with Crippen molar-refractivity contribution < 1.29 is 27.1 Å². The summed E-state index contributed by atoms with van der Waals surface area (Å²) in [5.41, 5.74) is 5.39. The minimum atomic E-state index is -4.60. The van der Waals surface area contributed by atoms with Gasteiger partial charge in [0.25, 0.3) is 21.6 Å². The third kappa shape index (κ3) is 11.0. The molecule has 1 aliphatic carbocycles. The molecule has 8 rings (SSSR count). The number of nitrogens with one attached hydrogen (secondary N) is 3. The Hall–Kier alpha value is -5.49. The van der Waals surface area contributed by atoms with Crippen molar-refractivity contribution in [2.75, 3.05) is 67.5 Å². The molecule has 2 aliphatic heterocycles. The number of nitro benzene ring substituents is 1. The highest BCUT2D eigenvalue weighted by atomic mass is 35.5. The van der Waals surface area contributed by atoms with Crippen LogP contribution in [0.3, 0.4) is 0 Å². The van der Waals surface area contributed by atoms with Gasteiger partial charge in [0, 0.05) is 101 Å². The minimum Gasteiger partial charge on any atom is -0.455 e. The number of anilines is 2. The number of fused-ring (bicyclic) bond motifs is 1. The van der Waals surface area contributed by atoms with Gasteiger partial charge in [-0.05, 0) is 110 Å². The summed E-state index contributed by atoms with van der Waals surface area (Å²) in [6.45, 7) is 11.3. The zero-order valence-corrected chi connectivity index (χ0v) is 39.2. The number of nitrogens with zero attached hydrogens (tertiary/aromatic N) is 5. The van der Waals surface area contributed by atoms with Gasteiger partial charge in [0.15, 0.2) is 0 Å². The smallest absolute Gasteiger partial charge is 0.293 e. The molecule has 3 aromatic carbocycles. The van der Waals surface area contributed by atoms with E-state index in [0.717, 1.165) is 61.1 Å². The van der Waals surface area contributed by atoms with Gasteiger partial charge in [0.2, 0.25) is 0 Å². The monoisotopic (exact) mass is 942 g/mol. The number of pyridine rings is 1. The predicted molar refractivity (Wildman–Crippen MR) is 257 cm³/mol. The van der Waals surface area contributed by atoms with Gasteiger partial charge in [-0.1, -0.05) is 43.2 Å². The van der Waals surface area contributed by atoms with Gasteiger partial charge in [0.05, 0.1) is 21.6 Å². The second kappa shape index (κ2) is 19.2. The second-order valence-corrected chi connectivity index (χ2v) is 22.6. The molecule has 5 aromatic rings. The molecule has 2 fully saturated rings. The van der Waals surface area contributed by atoms with Gasteiger partial charge in [0.1, 0.15) is 22.8 Å². The van der Waals surface area contributed by atoms with Crippen LogP contribution in [0.2, 0.25) is 5.02 Å². The lowest BCUT2D eigenvalue weighted by molar-refractivity contribution is -0.384. The lowest BCUT2D eigenvalue weighted by Gasteiger charge is -2.39. The van der Waals surface area contributed by atoms with Crippen molar-refractivity contribution in [3.63, 3.8) is 0 Å². The van der Waals surface area contributed by atoms with E-state index in [0.29, 0.717) is 61.9 Å². The van der Waals surface area contributed by atoms with Crippen LogP contribution in [0.1, 0.15) is 68.8 Å². The summed E-state index contributed by atoms with van der Waals surface area (Å²) < 4.78 is 53.1. The third-order valence-corrected chi connectivity index (χ3v) is 16.7. The highest BCUT2D eigenvalue weighted by molar-refractivity contribution is 7.93. The fraction of sp³-hybridized carbons (Fsp3) is 0.404. The minimum absolute atomic E-state index is 0.0528. The molecule has 15 nitrogen and oxygen atoms in total. The van der Waals surface area contributed by atoms with Crippen LogP contribution in [-0.4, -0.2) is 95.6 Å². The Morgan fingerprint density at radius 2 is 1.80 bits per heavy atom. The lowest BCUT2D eigenvalue weighted by atomic mass is 9.72. The van der Waals surface area contributed by atoms with Crippen LogP contribution in [-0.2, 0) is 19.8 Å². The first-order valence-corrected chi connectivity index (χ1v) is 25.8. The normalized spacial score (nSPS) is 20.4. The molecular formula is C47H55ClN8O7S2. The summed E-state index contributed by atoms with van der Waals surface area (Å²) in [5, 5.41) is 16.8. The summed E-state index contributed by atoms with van der Waals surface area (Å²) in [7, 11) is -6.81. The van der Waals surface area contributed by atoms with Gasteiger partial charge in [-0.15, -0.1) is 0 Å². The Kier molecular flexibility index (Phi) is 13.6. The molecule has 0 saturated carbocycles. The van der Waals surface area contributed by atoms with E-state index in [1.807, 2.05) is 25.1 Å². The second-order valence-electron chi connectivity index (χ2n) is 17.9. The maximum Gasteiger partial charge on any atom is 0.293 e. The van der Waals surface area contributed by atoms with E-state index >= 15 is 0 Å². The fourth-order valence-corrected chi connectivity index (χ4v) is 12.4. The topological polar surface area (TPSA) is 192 Å². The first kappa shape index (κ1) is 46.1. The van der Waals surface area contributed by atoms with Crippen molar-refractivity contribution in [1.82, 2.24) is 19.6 Å². The maximum atomic E-state index is 14.0. The van der Waals surface area contributed by atoms with Crippen molar-refractivity contribution in [3.05, 3.63) is 117 Å². The molecule has 0 radical (unpaired) electrons. The first-order valence-electron chi connectivity index (χ1n) is 22.0. The number of aromatic nitrogens is 2. The molecule has 0 unspecified atom stereocenters. The molecule has 0 spiro atoms. The zero-order chi connectivity index (χ0) is 45.9. The Morgan fingerprint density at radius 1 is 1.05 bits per heavy atom. The predicted octanol–water partition coefficient (Wildman–Crippen LogP) is 9.13. The van der Waals surface area contributed by atoms with Crippen LogP contribution < -0.4 is 19.7 Å². The Bertz CT molecular complexity index is 2850. The third-order valence-electron chi connectivity index (χ3n) is 12.7. The summed E-state index contributed by atoms with van der Waals surface area (Å²) in [4.78, 5) is 37.2. The average molecular weight is 944 g/mol. The van der Waals surface area contributed by atoms with Gasteiger partial charge in [-0.2, -0.15) is 0 Å². The highest BCUT2D eigenvalue weighted by Crippen LogP contribution is 2.43. The Morgan fingerprint density at radius 3 is 2.52 bits per heavy atom. The molecule has 3 N–H and O–H groups in total. The van der Waals surface area contributed by atoms with Gasteiger partial charge < -0.3 is 19.9 Å². The van der Waals surface area contributed by atoms with Gasteiger partial charge >= 0.3 is 0 Å². The van der Waals surface area contributed by atoms with E-state index < -0.39 is 41.2 Å². The molecule has 4 heterocycles. The Balaban J connectivity index is 0.986. The summed E-state index contributed by atoms with van der Waals surface area (Å²) in [6.07, 6.45) is 7.77. The number of nitro groups is 1. The average Bonchev–Trinajstić information content (AvgIpc) is 3.75. The number of sulfonamides is 1. The van der Waals surface area contributed by atoms with E-state index in [2.05, 4.69) is 60.1 Å². The summed E-state index contributed by atoms with van der Waals surface area (Å²) in [6, 6.07) is 20.3. The van der Waals surface area contributed by atoms with E-state index in [4.69, 9.17) is 16.3 Å². The SMILES string of the molecule is CCN=S1(=O)CCC(CNc2ccc(S(=O)(=O)NC(=O)c3ccc(N4CCN(CC5=C(c6ccc(Cl)cc6)CC(C)(C)CC5)CC4)cc3Oc3cnc4[nH]ccc4c3)cc2[N+](=O)[O-])CC1. The van der Waals surface area contributed by atoms with Crippen LogP contribution in [0.15, 0.2) is 100 Å². The number of aromatic amines is 1. The summed E-state index contributed by atoms with van der Waals surface area (Å²) in [5.74, 6) is 0.559. The van der Waals surface area contributed by atoms with Gasteiger partial charge in [-0.25, -0.2) is 26.7 Å². The number of carbonyl (C=O) groups excluding carboxylic acids is 1. The van der Waals surface area contributed by atoms with E-state index in [1.54, 1.807) is 24.4 Å². The van der Waals surface area contributed by atoms with Crippen molar-refractivity contribution in [3.8, 4) is 11.5 Å². The first-order chi connectivity index (χ1) is 31.1. The van der Waals surface area contributed by atoms with Crippen molar-refractivity contribution >= 4 is 70.9 Å². The molecule has 0 atom stereocenters. The molecule has 18 heteroatoms. The maximum absolute atomic E-state index is 14.0. The number of hydrogen-bond donors (Lipinski definition) is 3. The van der Waals surface area contributed by atoms with Gasteiger partial charge in [-0.3, -0.25) is 19.8 Å². The standard InChI is InChI=1S/C47H55ClN8O7S2/c1-4-52-64(60)23-15-32(16-24-64)29-50-42-12-10-39(27-43(42)56(58)59)65(61,62)53-46(57)40-11-9-37(26-44(40)63-38-25-34-14-18-49-45(34)51-30-38)55-21-19-54(20-22-55)31-35-13-17-47(2,3)28-41(35)33-5-7-36(48)8-6-33/h5-12,14,18,25-27,30,32,50H,4,13,15-17,19-24,28-29,31H2,1-3H3,(H,49,51)(H,53,57). The number of ether oxygens (including phenoxy) is 1. The van der Waals surface area contributed by atoms with E-state index in [9.17, 15) is 27.5 Å². The highest BCUT2D eigenvalue weighted by Gasteiger charge is 2.31. The molecule has 1 amide bonds. The molecule has 0 bridgehead atoms. The lowest BCUT2D eigenvalue weighted by Crippen LogP contribution is -2.47. The Labute approximate surface area is 385 Å². The quantitative estimate of drug-likeness (QED) is 0.0711. The van der Waals surface area contributed by atoms with Crippen molar-refractivity contribution in [2.45, 2.75) is 57.8 Å². The molecule has 2 aromatic heterocycles. The molecular weight excluding hydrogens is 888 g/mol. The number of allylic oxidation sites excluding steroid dienone is 1. The van der Waals surface area contributed by atoms with Crippen LogP contribution in [0.5, 0.6) is 11.5 Å². The summed E-state index contributed by atoms with van der Waals surface area (Å²) >= 11 is 6.24. The molecule has 65 heavy (non-hydrogen) atoms. The zero-order valence-electron chi connectivity index (χ0n) is 36.8. The molecule has 2 saturated heterocycles. The molecule has 3 aliphatic rings. The van der Waals surface area contributed by atoms with Crippen molar-refractivity contribution in [1.29, 1.82) is 0 Å². The number of H-pyrrole nitrogens is 1. The number of halogens is 1. The van der Waals surface area contributed by atoms with Crippen LogP contribution >= 0.6 is 11.6 Å². The molecule has 344 valence electrons. The van der Waals surface area contributed by atoms with E-state index in [-0.39, 0.29) is 28.3 Å². The van der Waals surface area contributed by atoms with E-state index in [1.165, 1.54) is 41.1 Å². The number of amides is 1. The number of carbonyl (C=O) groups is 1. The number of rotatable bonds is 14. The number of hydrogen-bond acceptors (Lipinski definition) is 12. The van der Waals surface area contributed by atoms with Crippen LogP contribution in [0, 0.1) is 21.4 Å². The van der Waals surface area contributed by atoms with Crippen LogP contribution in [0.25, 0.3) is 16.6 Å². The van der Waals surface area contributed by atoms with Crippen LogP contribution in [0.4, 0.5) is 17.1 Å². The van der Waals surface area contributed by atoms with Crippen molar-refractivity contribution in [2.24, 2.45) is 15.7 Å². The fourth-order valence-electron chi connectivity index (χ4n) is 8.97. The number of piperazine rings is 1. The largest absolute Gasteiger partial charge is 0.455 e.